The second kappa shape index (κ2) is 6.94. The third kappa shape index (κ3) is 5.02. The number of hydrogen-bond acceptors (Lipinski definition) is 5. The summed E-state index contributed by atoms with van der Waals surface area (Å²) in [5.41, 5.74) is -0.400. The molecule has 0 aliphatic heterocycles. The lowest BCUT2D eigenvalue weighted by atomic mass is 10.2. The molecule has 0 radical (unpaired) electrons. The van der Waals surface area contributed by atoms with Crippen LogP contribution in [0, 0.1) is 0 Å². The zero-order chi connectivity index (χ0) is 14.3. The highest BCUT2D eigenvalue weighted by Gasteiger charge is 2.21. The Labute approximate surface area is 108 Å². The highest BCUT2D eigenvalue weighted by molar-refractivity contribution is 5.80. The van der Waals surface area contributed by atoms with E-state index < -0.39 is 23.7 Å². The molecular weight excluding hydrogens is 254 g/mol. The van der Waals surface area contributed by atoms with Gasteiger partial charge in [-0.3, -0.25) is 4.79 Å². The van der Waals surface area contributed by atoms with Crippen molar-refractivity contribution in [1.82, 2.24) is 15.3 Å². The molecular formula is C11H13N3O5. The fourth-order valence-corrected chi connectivity index (χ4v) is 1.23. The lowest BCUT2D eigenvalue weighted by Gasteiger charge is -2.13. The number of amides is 1. The molecule has 0 aromatic carbocycles. The average molecular weight is 267 g/mol. The number of hydrogen-bond donors (Lipinski definition) is 3. The van der Waals surface area contributed by atoms with Gasteiger partial charge < -0.3 is 20.1 Å². The Morgan fingerprint density at radius 2 is 2.37 bits per heavy atom. The van der Waals surface area contributed by atoms with Gasteiger partial charge in [0.05, 0.1) is 0 Å². The highest BCUT2D eigenvalue weighted by atomic mass is 16.5. The van der Waals surface area contributed by atoms with Gasteiger partial charge in [0.15, 0.2) is 0 Å². The van der Waals surface area contributed by atoms with Gasteiger partial charge in [-0.2, -0.15) is 0 Å². The van der Waals surface area contributed by atoms with E-state index in [9.17, 15) is 14.4 Å². The van der Waals surface area contributed by atoms with E-state index in [1.54, 1.807) is 0 Å². The Morgan fingerprint density at radius 1 is 1.63 bits per heavy atom. The third-order valence-electron chi connectivity index (χ3n) is 2.04. The van der Waals surface area contributed by atoms with E-state index >= 15 is 0 Å². The van der Waals surface area contributed by atoms with Crippen molar-refractivity contribution in [1.29, 1.82) is 0 Å². The SMILES string of the molecule is C=CCOC(=O)NC(Cc1nccc(=O)[nH]1)C(=O)O. The van der Waals surface area contributed by atoms with Gasteiger partial charge in [0, 0.05) is 18.7 Å². The quantitative estimate of drug-likeness (QED) is 0.607. The van der Waals surface area contributed by atoms with Crippen LogP contribution >= 0.6 is 0 Å². The molecule has 102 valence electrons. The first-order chi connectivity index (χ1) is 9.02. The van der Waals surface area contributed by atoms with Crippen LogP contribution in [0.3, 0.4) is 0 Å². The number of nitrogens with zero attached hydrogens (tertiary/aromatic N) is 1. The standard InChI is InChI=1S/C11H13N3O5/c1-2-5-19-11(18)13-7(10(16)17)6-8-12-4-3-9(15)14-8/h2-4,7H,1,5-6H2,(H,13,18)(H,16,17)(H,12,14,15). The predicted molar refractivity (Wildman–Crippen MR) is 64.7 cm³/mol. The number of carbonyl (C=O) groups excluding carboxylic acids is 1. The fraction of sp³-hybridized carbons (Fsp3) is 0.273. The Hall–Kier alpha value is -2.64. The number of carboxylic acids is 1. The monoisotopic (exact) mass is 267 g/mol. The minimum Gasteiger partial charge on any atom is -0.480 e. The van der Waals surface area contributed by atoms with Crippen LogP contribution in [0.4, 0.5) is 4.79 Å². The van der Waals surface area contributed by atoms with Gasteiger partial charge in [0.2, 0.25) is 0 Å². The zero-order valence-electron chi connectivity index (χ0n) is 9.96. The second-order valence-corrected chi connectivity index (χ2v) is 3.51. The molecule has 8 nitrogen and oxygen atoms in total. The molecule has 0 saturated carbocycles. The number of H-pyrrole nitrogens is 1. The van der Waals surface area contributed by atoms with Crippen molar-refractivity contribution in [3.63, 3.8) is 0 Å². The second-order valence-electron chi connectivity index (χ2n) is 3.51. The van der Waals surface area contributed by atoms with E-state index in [1.165, 1.54) is 18.3 Å². The van der Waals surface area contributed by atoms with Crippen LogP contribution in [0.25, 0.3) is 0 Å². The number of aromatic amines is 1. The minimum atomic E-state index is -1.26. The van der Waals surface area contributed by atoms with Crippen molar-refractivity contribution in [3.05, 3.63) is 41.1 Å². The Bertz CT molecular complexity index is 525. The fourth-order valence-electron chi connectivity index (χ4n) is 1.23. The third-order valence-corrected chi connectivity index (χ3v) is 2.04. The molecule has 1 heterocycles. The molecule has 1 rings (SSSR count). The molecule has 0 fully saturated rings. The van der Waals surface area contributed by atoms with Gasteiger partial charge in [-0.25, -0.2) is 14.6 Å². The van der Waals surface area contributed by atoms with Crippen LogP contribution in [0.2, 0.25) is 0 Å². The molecule has 0 saturated heterocycles. The zero-order valence-corrected chi connectivity index (χ0v) is 9.96. The number of carbonyl (C=O) groups is 2. The first-order valence-corrected chi connectivity index (χ1v) is 5.34. The summed E-state index contributed by atoms with van der Waals surface area (Å²) in [5, 5.41) is 11.1. The van der Waals surface area contributed by atoms with E-state index in [1.807, 2.05) is 0 Å². The molecule has 0 aliphatic carbocycles. The molecule has 0 spiro atoms. The summed E-state index contributed by atoms with van der Waals surface area (Å²) in [6.07, 6.45) is 1.56. The first-order valence-electron chi connectivity index (χ1n) is 5.34. The maximum atomic E-state index is 11.2. The van der Waals surface area contributed by atoms with E-state index in [0.717, 1.165) is 0 Å². The Balaban J connectivity index is 2.68. The van der Waals surface area contributed by atoms with Crippen LogP contribution < -0.4 is 10.9 Å². The summed E-state index contributed by atoms with van der Waals surface area (Å²) in [6.45, 7) is 3.32. The van der Waals surface area contributed by atoms with Crippen LogP contribution in [0.5, 0.6) is 0 Å². The van der Waals surface area contributed by atoms with Crippen LogP contribution in [-0.2, 0) is 16.0 Å². The van der Waals surface area contributed by atoms with Crippen molar-refractivity contribution in [3.8, 4) is 0 Å². The van der Waals surface area contributed by atoms with E-state index in [-0.39, 0.29) is 18.9 Å². The molecule has 19 heavy (non-hydrogen) atoms. The van der Waals surface area contributed by atoms with Gasteiger partial charge in [-0.15, -0.1) is 0 Å². The van der Waals surface area contributed by atoms with Crippen molar-refractivity contribution >= 4 is 12.1 Å². The van der Waals surface area contributed by atoms with Gasteiger partial charge >= 0.3 is 12.1 Å². The molecule has 1 atom stereocenters. The summed E-state index contributed by atoms with van der Waals surface area (Å²) in [6, 6.07) is -0.0479. The molecule has 1 amide bonds. The van der Waals surface area contributed by atoms with Crippen LogP contribution in [-0.4, -0.2) is 39.8 Å². The summed E-state index contributed by atoms with van der Waals surface area (Å²) < 4.78 is 4.61. The number of nitrogens with one attached hydrogen (secondary N) is 2. The minimum absolute atomic E-state index is 0.0292. The van der Waals surface area contributed by atoms with Gasteiger partial charge in [0.1, 0.15) is 18.5 Å². The Morgan fingerprint density at radius 3 is 2.95 bits per heavy atom. The molecule has 8 heteroatoms. The molecule has 1 aromatic rings. The number of carboxylic acid groups (broad SMARTS) is 1. The smallest absolute Gasteiger partial charge is 0.408 e. The highest BCUT2D eigenvalue weighted by Crippen LogP contribution is 1.96. The van der Waals surface area contributed by atoms with Crippen molar-refractivity contribution in [2.24, 2.45) is 0 Å². The first kappa shape index (κ1) is 14.4. The molecule has 1 aromatic heterocycles. The van der Waals surface area contributed by atoms with E-state index in [4.69, 9.17) is 5.11 Å². The summed E-state index contributed by atoms with van der Waals surface area (Å²) in [4.78, 5) is 39.4. The van der Waals surface area contributed by atoms with Gasteiger partial charge in [-0.05, 0) is 0 Å². The maximum Gasteiger partial charge on any atom is 0.408 e. The van der Waals surface area contributed by atoms with Gasteiger partial charge in [-0.1, -0.05) is 12.7 Å². The molecule has 0 aliphatic rings. The van der Waals surface area contributed by atoms with E-state index in [2.05, 4.69) is 26.6 Å². The topological polar surface area (TPSA) is 121 Å². The number of alkyl carbamates (subject to hydrolysis) is 1. The van der Waals surface area contributed by atoms with Crippen molar-refractivity contribution in [2.75, 3.05) is 6.61 Å². The van der Waals surface area contributed by atoms with Crippen LogP contribution in [0.15, 0.2) is 29.7 Å². The lowest BCUT2D eigenvalue weighted by molar-refractivity contribution is -0.139. The number of rotatable bonds is 6. The van der Waals surface area contributed by atoms with Gasteiger partial charge in [0.25, 0.3) is 5.56 Å². The largest absolute Gasteiger partial charge is 0.480 e. The van der Waals surface area contributed by atoms with Crippen molar-refractivity contribution < 1.29 is 19.4 Å². The van der Waals surface area contributed by atoms with E-state index in [0.29, 0.717) is 0 Å². The number of ether oxygens (including phenoxy) is 1. The average Bonchev–Trinajstić information content (AvgIpc) is 2.35. The number of aliphatic carboxylic acids is 1. The van der Waals surface area contributed by atoms with Crippen molar-refractivity contribution in [2.45, 2.75) is 12.5 Å². The van der Waals surface area contributed by atoms with Crippen LogP contribution in [0.1, 0.15) is 5.82 Å². The summed E-state index contributed by atoms with van der Waals surface area (Å²) >= 11 is 0. The Kier molecular flexibility index (Phi) is 5.27. The molecule has 1 unspecified atom stereocenters. The predicted octanol–water partition coefficient (Wildman–Crippen LogP) is -0.322. The molecule has 3 N–H and O–H groups in total. The molecule has 0 bridgehead atoms. The maximum absolute atomic E-state index is 11.2. The number of aromatic nitrogens is 2. The summed E-state index contributed by atoms with van der Waals surface area (Å²) in [7, 11) is 0. The normalized spacial score (nSPS) is 11.4. The lowest BCUT2D eigenvalue weighted by Crippen LogP contribution is -2.43. The summed E-state index contributed by atoms with van der Waals surface area (Å²) in [5.74, 6) is -1.11.